The van der Waals surface area contributed by atoms with Crippen LogP contribution in [0.15, 0.2) is 23.1 Å². The number of sulfonamides is 1. The summed E-state index contributed by atoms with van der Waals surface area (Å²) in [6.07, 6.45) is 0.683. The zero-order valence-corrected chi connectivity index (χ0v) is 12.7. The molecule has 0 radical (unpaired) electrons. The van der Waals surface area contributed by atoms with E-state index in [9.17, 15) is 8.42 Å². The molecule has 0 heterocycles. The minimum atomic E-state index is -3.48. The second-order valence-electron chi connectivity index (χ2n) is 4.75. The Kier molecular flexibility index (Phi) is 6.25. The van der Waals surface area contributed by atoms with Crippen molar-refractivity contribution in [1.29, 1.82) is 0 Å². The molecule has 5 N–H and O–H groups in total. The van der Waals surface area contributed by atoms with E-state index in [0.717, 1.165) is 0 Å². The van der Waals surface area contributed by atoms with E-state index in [4.69, 9.17) is 10.8 Å². The maximum atomic E-state index is 11.9. The van der Waals surface area contributed by atoms with Crippen molar-refractivity contribution in [3.05, 3.63) is 18.2 Å². The Hall–Kier alpha value is -1.31. The maximum Gasteiger partial charge on any atom is 0.240 e. The van der Waals surface area contributed by atoms with Crippen molar-refractivity contribution in [1.82, 2.24) is 4.72 Å². The number of nitrogen functional groups attached to an aromatic ring is 1. The van der Waals surface area contributed by atoms with Crippen LogP contribution in [0.4, 0.5) is 11.4 Å². The standard InChI is InChI=1S/C13H23N3O3S/c1-3-16-20(18,19)11-4-5-12(14)13(8-11)15-9-10(2)6-7-17/h4-5,8,10,15-17H,3,6-7,9,14H2,1-2H3. The summed E-state index contributed by atoms with van der Waals surface area (Å²) in [4.78, 5) is 0.186. The molecule has 1 unspecified atom stereocenters. The third kappa shape index (κ3) is 4.66. The lowest BCUT2D eigenvalue weighted by atomic mass is 10.1. The van der Waals surface area contributed by atoms with Crippen molar-refractivity contribution in [3.8, 4) is 0 Å². The molecule has 0 saturated heterocycles. The van der Waals surface area contributed by atoms with Gasteiger partial charge in [-0.15, -0.1) is 0 Å². The van der Waals surface area contributed by atoms with Crippen LogP contribution >= 0.6 is 0 Å². The number of nitrogens with two attached hydrogens (primary N) is 1. The van der Waals surface area contributed by atoms with Crippen molar-refractivity contribution in [3.63, 3.8) is 0 Å². The number of nitrogens with one attached hydrogen (secondary N) is 2. The average molecular weight is 301 g/mol. The van der Waals surface area contributed by atoms with E-state index in [-0.39, 0.29) is 17.4 Å². The van der Waals surface area contributed by atoms with Gasteiger partial charge in [-0.3, -0.25) is 0 Å². The first kappa shape index (κ1) is 16.7. The van der Waals surface area contributed by atoms with Crippen LogP contribution < -0.4 is 15.8 Å². The number of aliphatic hydroxyl groups is 1. The highest BCUT2D eigenvalue weighted by molar-refractivity contribution is 7.89. The van der Waals surface area contributed by atoms with E-state index in [1.165, 1.54) is 12.1 Å². The lowest BCUT2D eigenvalue weighted by Gasteiger charge is -2.15. The fourth-order valence-corrected chi connectivity index (χ4v) is 2.80. The Morgan fingerprint density at radius 3 is 2.70 bits per heavy atom. The molecule has 0 aromatic heterocycles. The molecule has 6 nitrogen and oxygen atoms in total. The topological polar surface area (TPSA) is 104 Å². The van der Waals surface area contributed by atoms with Gasteiger partial charge >= 0.3 is 0 Å². The Labute approximate surface area is 120 Å². The Morgan fingerprint density at radius 2 is 2.10 bits per heavy atom. The van der Waals surface area contributed by atoms with E-state index in [1.807, 2.05) is 6.92 Å². The van der Waals surface area contributed by atoms with Crippen molar-refractivity contribution in [2.75, 3.05) is 30.7 Å². The van der Waals surface area contributed by atoms with Gasteiger partial charge in [0.25, 0.3) is 0 Å². The molecule has 1 atom stereocenters. The van der Waals surface area contributed by atoms with Crippen LogP contribution in [-0.2, 0) is 10.0 Å². The number of hydrogen-bond donors (Lipinski definition) is 4. The highest BCUT2D eigenvalue weighted by Crippen LogP contribution is 2.23. The molecule has 0 saturated carbocycles. The minimum Gasteiger partial charge on any atom is -0.397 e. The lowest BCUT2D eigenvalue weighted by Crippen LogP contribution is -2.23. The van der Waals surface area contributed by atoms with E-state index in [2.05, 4.69) is 10.0 Å². The SMILES string of the molecule is CCNS(=O)(=O)c1ccc(N)c(NCC(C)CCO)c1. The monoisotopic (exact) mass is 301 g/mol. The van der Waals surface area contributed by atoms with Crippen molar-refractivity contribution >= 4 is 21.4 Å². The minimum absolute atomic E-state index is 0.132. The molecule has 1 aromatic carbocycles. The first-order valence-electron chi connectivity index (χ1n) is 6.64. The molecule has 20 heavy (non-hydrogen) atoms. The average Bonchev–Trinajstić information content (AvgIpc) is 2.37. The molecule has 0 aliphatic carbocycles. The molecule has 0 fully saturated rings. The summed E-state index contributed by atoms with van der Waals surface area (Å²) in [5.74, 6) is 0.272. The summed E-state index contributed by atoms with van der Waals surface area (Å²) in [6.45, 7) is 4.81. The smallest absolute Gasteiger partial charge is 0.240 e. The third-order valence-corrected chi connectivity index (χ3v) is 4.48. The number of benzene rings is 1. The number of hydrogen-bond acceptors (Lipinski definition) is 5. The second-order valence-corrected chi connectivity index (χ2v) is 6.52. The predicted octanol–water partition coefficient (Wildman–Crippen LogP) is 0.997. The molecule has 7 heteroatoms. The summed E-state index contributed by atoms with van der Waals surface area (Å²) >= 11 is 0. The van der Waals surface area contributed by atoms with Gasteiger partial charge in [0.05, 0.1) is 16.3 Å². The van der Waals surface area contributed by atoms with Crippen LogP contribution in [0.25, 0.3) is 0 Å². The van der Waals surface area contributed by atoms with Gasteiger partial charge in [-0.1, -0.05) is 13.8 Å². The van der Waals surface area contributed by atoms with E-state index < -0.39 is 10.0 Å². The summed E-state index contributed by atoms with van der Waals surface area (Å²) < 4.78 is 26.3. The summed E-state index contributed by atoms with van der Waals surface area (Å²) in [5.41, 5.74) is 6.93. The van der Waals surface area contributed by atoms with Gasteiger partial charge in [0.1, 0.15) is 0 Å². The van der Waals surface area contributed by atoms with Crippen LogP contribution in [0.1, 0.15) is 20.3 Å². The molecule has 0 spiro atoms. The van der Waals surface area contributed by atoms with Crippen molar-refractivity contribution in [2.45, 2.75) is 25.2 Å². The van der Waals surface area contributed by atoms with Gasteiger partial charge in [0, 0.05) is 19.7 Å². The van der Waals surface area contributed by atoms with Gasteiger partial charge in [-0.25, -0.2) is 13.1 Å². The zero-order chi connectivity index (χ0) is 15.2. The lowest BCUT2D eigenvalue weighted by molar-refractivity contribution is 0.266. The van der Waals surface area contributed by atoms with Gasteiger partial charge in [0.2, 0.25) is 10.0 Å². The van der Waals surface area contributed by atoms with Crippen LogP contribution in [-0.4, -0.2) is 33.2 Å². The molecule has 114 valence electrons. The van der Waals surface area contributed by atoms with Gasteiger partial charge in [-0.2, -0.15) is 0 Å². The maximum absolute atomic E-state index is 11.9. The fourth-order valence-electron chi connectivity index (χ4n) is 1.74. The van der Waals surface area contributed by atoms with Crippen LogP contribution in [0.2, 0.25) is 0 Å². The normalized spacial score (nSPS) is 13.2. The molecule has 0 amide bonds. The van der Waals surface area contributed by atoms with Crippen LogP contribution in [0, 0.1) is 5.92 Å². The summed E-state index contributed by atoms with van der Waals surface area (Å²) in [7, 11) is -3.48. The number of aliphatic hydroxyl groups excluding tert-OH is 1. The number of rotatable bonds is 8. The highest BCUT2D eigenvalue weighted by Gasteiger charge is 2.14. The second kappa shape index (κ2) is 7.47. The zero-order valence-electron chi connectivity index (χ0n) is 11.9. The molecule has 1 rings (SSSR count). The van der Waals surface area contributed by atoms with E-state index >= 15 is 0 Å². The highest BCUT2D eigenvalue weighted by atomic mass is 32.2. The fraction of sp³-hybridized carbons (Fsp3) is 0.538. The van der Waals surface area contributed by atoms with Crippen molar-refractivity contribution < 1.29 is 13.5 Å². The largest absolute Gasteiger partial charge is 0.397 e. The van der Waals surface area contributed by atoms with Crippen molar-refractivity contribution in [2.24, 2.45) is 5.92 Å². The van der Waals surface area contributed by atoms with Crippen LogP contribution in [0.3, 0.4) is 0 Å². The molecular weight excluding hydrogens is 278 g/mol. The van der Waals surface area contributed by atoms with Gasteiger partial charge < -0.3 is 16.2 Å². The molecule has 0 aliphatic rings. The molecule has 0 aliphatic heterocycles. The Bertz CT molecular complexity index is 532. The summed E-state index contributed by atoms with van der Waals surface area (Å²) in [5, 5.41) is 12.0. The van der Waals surface area contributed by atoms with Crippen LogP contribution in [0.5, 0.6) is 0 Å². The van der Waals surface area contributed by atoms with Gasteiger partial charge in [-0.05, 0) is 30.5 Å². The number of anilines is 2. The summed E-state index contributed by atoms with van der Waals surface area (Å²) in [6, 6.07) is 4.58. The molecular formula is C13H23N3O3S. The Balaban J connectivity index is 2.87. The van der Waals surface area contributed by atoms with Gasteiger partial charge in [0.15, 0.2) is 0 Å². The van der Waals surface area contributed by atoms with E-state index in [1.54, 1.807) is 13.0 Å². The Morgan fingerprint density at radius 1 is 1.40 bits per heavy atom. The third-order valence-electron chi connectivity index (χ3n) is 2.93. The molecule has 1 aromatic rings. The van der Waals surface area contributed by atoms with E-state index in [0.29, 0.717) is 30.9 Å². The molecule has 0 bridgehead atoms. The first-order chi connectivity index (χ1) is 9.40. The quantitative estimate of drug-likeness (QED) is 0.536. The predicted molar refractivity (Wildman–Crippen MR) is 81.1 cm³/mol. The first-order valence-corrected chi connectivity index (χ1v) is 8.13.